The van der Waals surface area contributed by atoms with Crippen molar-refractivity contribution < 1.29 is 9.53 Å². The summed E-state index contributed by atoms with van der Waals surface area (Å²) in [5.74, 6) is 1.46. The molecule has 1 aromatic carbocycles. The van der Waals surface area contributed by atoms with Crippen LogP contribution in [-0.4, -0.2) is 39.4 Å². The molecule has 6 nitrogen and oxygen atoms in total. The molecule has 0 saturated carbocycles. The van der Waals surface area contributed by atoms with Gasteiger partial charge >= 0.3 is 0 Å². The van der Waals surface area contributed by atoms with Crippen LogP contribution in [0.2, 0.25) is 0 Å². The Hall–Kier alpha value is -3.15. The molecule has 0 bridgehead atoms. The molecule has 0 aliphatic heterocycles. The number of methoxy groups -OCH3 is 1. The van der Waals surface area contributed by atoms with E-state index in [0.717, 1.165) is 22.7 Å². The van der Waals surface area contributed by atoms with Crippen LogP contribution in [0.1, 0.15) is 21.7 Å². The molecule has 128 valence electrons. The van der Waals surface area contributed by atoms with Gasteiger partial charge in [-0.2, -0.15) is 0 Å². The molecule has 0 fully saturated rings. The maximum atomic E-state index is 12.9. The number of carbonyl (C=O) groups excluding carboxylic acids is 1. The number of amides is 1. The van der Waals surface area contributed by atoms with Gasteiger partial charge in [0.05, 0.1) is 18.2 Å². The van der Waals surface area contributed by atoms with Gasteiger partial charge in [0.2, 0.25) is 0 Å². The lowest BCUT2D eigenvalue weighted by Gasteiger charge is -2.21. The molecule has 0 saturated heterocycles. The van der Waals surface area contributed by atoms with Gasteiger partial charge in [-0.1, -0.05) is 18.2 Å². The Morgan fingerprint density at radius 2 is 2.12 bits per heavy atom. The number of nitrogens with zero attached hydrogens (tertiary/aromatic N) is 3. The molecule has 3 rings (SSSR count). The Labute approximate surface area is 146 Å². The Morgan fingerprint density at radius 3 is 2.80 bits per heavy atom. The highest BCUT2D eigenvalue weighted by Crippen LogP contribution is 2.16. The molecule has 0 spiro atoms. The van der Waals surface area contributed by atoms with E-state index >= 15 is 0 Å². The predicted molar refractivity (Wildman–Crippen MR) is 96.6 cm³/mol. The number of benzene rings is 1. The summed E-state index contributed by atoms with van der Waals surface area (Å²) < 4.78 is 5.17. The molecule has 1 N–H and O–H groups in total. The van der Waals surface area contributed by atoms with Crippen molar-refractivity contribution >= 4 is 17.1 Å². The zero-order chi connectivity index (χ0) is 17.8. The molecule has 0 unspecified atom stereocenters. The first kappa shape index (κ1) is 16.7. The third-order valence-corrected chi connectivity index (χ3v) is 3.87. The number of aromatic amines is 1. The lowest BCUT2D eigenvalue weighted by Crippen LogP contribution is -2.30. The van der Waals surface area contributed by atoms with Gasteiger partial charge in [-0.15, -0.1) is 6.58 Å². The van der Waals surface area contributed by atoms with Crippen LogP contribution in [-0.2, 0) is 6.54 Å². The monoisotopic (exact) mass is 336 g/mol. The standard InChI is InChI=1S/C19H20N4O2/c1-4-9-23(12-14-5-7-16(25-3)8-6-14)19(24)15-10-17-18(20-11-15)22-13(2)21-17/h4-8,10-11H,1,9,12H2,2-3H3,(H,20,21,22). The maximum Gasteiger partial charge on any atom is 0.256 e. The molecule has 3 aromatic rings. The van der Waals surface area contributed by atoms with Crippen LogP contribution >= 0.6 is 0 Å². The number of nitrogens with one attached hydrogen (secondary N) is 1. The SMILES string of the molecule is C=CCN(Cc1ccc(OC)cc1)C(=O)c1cnc2nc(C)[nH]c2c1. The molecule has 0 radical (unpaired) electrons. The summed E-state index contributed by atoms with van der Waals surface area (Å²) in [6, 6.07) is 9.44. The fraction of sp³-hybridized carbons (Fsp3) is 0.211. The molecular weight excluding hydrogens is 316 g/mol. The maximum absolute atomic E-state index is 12.9. The van der Waals surface area contributed by atoms with Gasteiger partial charge in [0.25, 0.3) is 5.91 Å². The predicted octanol–water partition coefficient (Wildman–Crippen LogP) is 3.10. The quantitative estimate of drug-likeness (QED) is 0.702. The van der Waals surface area contributed by atoms with Crippen LogP contribution in [0.25, 0.3) is 11.2 Å². The minimum atomic E-state index is -0.0997. The number of hydrogen-bond acceptors (Lipinski definition) is 4. The number of rotatable bonds is 6. The average Bonchev–Trinajstić information content (AvgIpc) is 3.00. The molecule has 0 atom stereocenters. The molecule has 0 aliphatic carbocycles. The molecule has 6 heteroatoms. The summed E-state index contributed by atoms with van der Waals surface area (Å²) in [7, 11) is 1.63. The summed E-state index contributed by atoms with van der Waals surface area (Å²) in [6.07, 6.45) is 3.28. The van der Waals surface area contributed by atoms with Crippen molar-refractivity contribution in [3.05, 3.63) is 66.1 Å². The number of pyridine rings is 1. The first-order valence-corrected chi connectivity index (χ1v) is 7.96. The molecule has 1 amide bonds. The number of hydrogen-bond donors (Lipinski definition) is 1. The molecule has 25 heavy (non-hydrogen) atoms. The van der Waals surface area contributed by atoms with Gasteiger partial charge in [0.1, 0.15) is 11.6 Å². The van der Waals surface area contributed by atoms with E-state index in [9.17, 15) is 4.79 Å². The number of carbonyl (C=O) groups is 1. The molecule has 0 aliphatic rings. The van der Waals surface area contributed by atoms with Crippen molar-refractivity contribution in [1.29, 1.82) is 0 Å². The highest BCUT2D eigenvalue weighted by Gasteiger charge is 2.17. The average molecular weight is 336 g/mol. The summed E-state index contributed by atoms with van der Waals surface area (Å²) in [5.41, 5.74) is 2.90. The normalized spacial score (nSPS) is 10.6. The van der Waals surface area contributed by atoms with Crippen molar-refractivity contribution in [1.82, 2.24) is 19.9 Å². The lowest BCUT2D eigenvalue weighted by atomic mass is 10.1. The van der Waals surface area contributed by atoms with Crippen LogP contribution in [0.4, 0.5) is 0 Å². The minimum absolute atomic E-state index is 0.0997. The van der Waals surface area contributed by atoms with Gasteiger partial charge in [0.15, 0.2) is 5.65 Å². The van der Waals surface area contributed by atoms with Gasteiger partial charge in [-0.25, -0.2) is 9.97 Å². The third kappa shape index (κ3) is 3.68. The number of imidazole rings is 1. The summed E-state index contributed by atoms with van der Waals surface area (Å²) in [4.78, 5) is 26.2. The zero-order valence-corrected chi connectivity index (χ0v) is 14.3. The molecule has 2 heterocycles. The third-order valence-electron chi connectivity index (χ3n) is 3.87. The van der Waals surface area contributed by atoms with E-state index in [-0.39, 0.29) is 5.91 Å². The van der Waals surface area contributed by atoms with E-state index in [1.165, 1.54) is 0 Å². The van der Waals surface area contributed by atoms with E-state index in [1.807, 2.05) is 31.2 Å². The van der Waals surface area contributed by atoms with E-state index in [4.69, 9.17) is 4.74 Å². The smallest absolute Gasteiger partial charge is 0.256 e. The van der Waals surface area contributed by atoms with E-state index in [1.54, 1.807) is 30.3 Å². The molecule has 2 aromatic heterocycles. The van der Waals surface area contributed by atoms with Crippen molar-refractivity contribution in [2.45, 2.75) is 13.5 Å². The largest absolute Gasteiger partial charge is 0.497 e. The zero-order valence-electron chi connectivity index (χ0n) is 14.3. The van der Waals surface area contributed by atoms with Gasteiger partial charge in [-0.3, -0.25) is 4.79 Å². The van der Waals surface area contributed by atoms with Crippen LogP contribution in [0.15, 0.2) is 49.2 Å². The van der Waals surface area contributed by atoms with Gasteiger partial charge in [-0.05, 0) is 30.7 Å². The second-order valence-electron chi connectivity index (χ2n) is 5.74. The van der Waals surface area contributed by atoms with Gasteiger partial charge < -0.3 is 14.6 Å². The summed E-state index contributed by atoms with van der Waals surface area (Å²) in [6.45, 7) is 6.54. The summed E-state index contributed by atoms with van der Waals surface area (Å²) >= 11 is 0. The van der Waals surface area contributed by atoms with Crippen molar-refractivity contribution in [3.8, 4) is 5.75 Å². The van der Waals surface area contributed by atoms with Crippen molar-refractivity contribution in [2.24, 2.45) is 0 Å². The second kappa shape index (κ2) is 7.17. The first-order valence-electron chi connectivity index (χ1n) is 7.96. The Morgan fingerprint density at radius 1 is 1.36 bits per heavy atom. The second-order valence-corrected chi connectivity index (χ2v) is 5.74. The fourth-order valence-electron chi connectivity index (χ4n) is 2.65. The van der Waals surface area contributed by atoms with Crippen molar-refractivity contribution in [2.75, 3.05) is 13.7 Å². The summed E-state index contributed by atoms with van der Waals surface area (Å²) in [5, 5.41) is 0. The van der Waals surface area contributed by atoms with Crippen LogP contribution in [0.5, 0.6) is 5.75 Å². The van der Waals surface area contributed by atoms with Crippen molar-refractivity contribution in [3.63, 3.8) is 0 Å². The Kier molecular flexibility index (Phi) is 4.79. The number of fused-ring (bicyclic) bond motifs is 1. The van der Waals surface area contributed by atoms with E-state index in [2.05, 4.69) is 21.5 Å². The van der Waals surface area contributed by atoms with Crippen LogP contribution in [0.3, 0.4) is 0 Å². The first-order chi connectivity index (χ1) is 12.1. The van der Waals surface area contributed by atoms with Gasteiger partial charge in [0, 0.05) is 19.3 Å². The van der Waals surface area contributed by atoms with Crippen LogP contribution in [0, 0.1) is 6.92 Å². The Bertz CT molecular complexity index is 899. The number of ether oxygens (including phenoxy) is 1. The van der Waals surface area contributed by atoms with E-state index < -0.39 is 0 Å². The molecular formula is C19H20N4O2. The lowest BCUT2D eigenvalue weighted by molar-refractivity contribution is 0.0762. The van der Waals surface area contributed by atoms with Crippen LogP contribution < -0.4 is 4.74 Å². The highest BCUT2D eigenvalue weighted by molar-refractivity contribution is 5.96. The number of aromatic nitrogens is 3. The number of aryl methyl sites for hydroxylation is 1. The Balaban J connectivity index is 1.84. The fourth-order valence-corrected chi connectivity index (χ4v) is 2.65. The minimum Gasteiger partial charge on any atom is -0.497 e. The van der Waals surface area contributed by atoms with E-state index in [0.29, 0.717) is 24.3 Å². The topological polar surface area (TPSA) is 71.1 Å². The number of H-pyrrole nitrogens is 1. The highest BCUT2D eigenvalue weighted by atomic mass is 16.5.